The zero-order chi connectivity index (χ0) is 15.6. The fourth-order valence-electron chi connectivity index (χ4n) is 2.63. The standard InChI is InChI=1S/C17H25NO3/c1-12(19)10-13-7-8-15-14(11-13)6-5-9-18(15)16(20)21-17(2,3)4/h7-8,11-12,19H,5-6,9-10H2,1-4H3. The summed E-state index contributed by atoms with van der Waals surface area (Å²) >= 11 is 0. The molecule has 1 aromatic rings. The summed E-state index contributed by atoms with van der Waals surface area (Å²) < 4.78 is 5.48. The first-order valence-electron chi connectivity index (χ1n) is 7.56. The third-order valence-corrected chi connectivity index (χ3v) is 3.41. The Morgan fingerprint density at radius 2 is 2.14 bits per heavy atom. The van der Waals surface area contributed by atoms with Gasteiger partial charge in [0.2, 0.25) is 0 Å². The number of hydrogen-bond donors (Lipinski definition) is 1. The summed E-state index contributed by atoms with van der Waals surface area (Å²) in [5, 5.41) is 9.49. The minimum Gasteiger partial charge on any atom is -0.443 e. The molecule has 1 aromatic carbocycles. The van der Waals surface area contributed by atoms with Crippen LogP contribution in [0.5, 0.6) is 0 Å². The van der Waals surface area contributed by atoms with Crippen molar-refractivity contribution in [2.45, 2.75) is 58.7 Å². The molecule has 4 nitrogen and oxygen atoms in total. The predicted molar refractivity (Wildman–Crippen MR) is 83.7 cm³/mol. The largest absolute Gasteiger partial charge is 0.443 e. The molecule has 0 fully saturated rings. The van der Waals surface area contributed by atoms with Crippen molar-refractivity contribution in [3.05, 3.63) is 29.3 Å². The van der Waals surface area contributed by atoms with E-state index in [2.05, 4.69) is 6.07 Å². The molecule has 0 saturated heterocycles. The zero-order valence-corrected chi connectivity index (χ0v) is 13.3. The molecule has 1 aliphatic heterocycles. The van der Waals surface area contributed by atoms with E-state index in [0.29, 0.717) is 13.0 Å². The molecule has 2 rings (SSSR count). The normalized spacial score (nSPS) is 16.3. The smallest absolute Gasteiger partial charge is 0.414 e. The lowest BCUT2D eigenvalue weighted by Crippen LogP contribution is -2.39. The Morgan fingerprint density at radius 1 is 1.43 bits per heavy atom. The number of amides is 1. The highest BCUT2D eigenvalue weighted by molar-refractivity contribution is 5.89. The molecule has 0 aliphatic carbocycles. The van der Waals surface area contributed by atoms with Gasteiger partial charge in [0.15, 0.2) is 0 Å². The topological polar surface area (TPSA) is 49.8 Å². The summed E-state index contributed by atoms with van der Waals surface area (Å²) in [5.41, 5.74) is 2.71. The third kappa shape index (κ3) is 4.21. The summed E-state index contributed by atoms with van der Waals surface area (Å²) in [5.74, 6) is 0. The van der Waals surface area contributed by atoms with Crippen LogP contribution < -0.4 is 4.90 Å². The number of fused-ring (bicyclic) bond motifs is 1. The van der Waals surface area contributed by atoms with Crippen LogP contribution in [0.25, 0.3) is 0 Å². The van der Waals surface area contributed by atoms with E-state index in [0.717, 1.165) is 29.7 Å². The van der Waals surface area contributed by atoms with E-state index in [1.165, 1.54) is 0 Å². The van der Waals surface area contributed by atoms with Crippen LogP contribution >= 0.6 is 0 Å². The van der Waals surface area contributed by atoms with Gasteiger partial charge in [-0.05, 0) is 64.2 Å². The van der Waals surface area contributed by atoms with Crippen LogP contribution in [0, 0.1) is 0 Å². The van der Waals surface area contributed by atoms with Crippen molar-refractivity contribution in [2.24, 2.45) is 0 Å². The molecule has 1 amide bonds. The fraction of sp³-hybridized carbons (Fsp3) is 0.588. The van der Waals surface area contributed by atoms with Crippen LogP contribution in [0.15, 0.2) is 18.2 Å². The lowest BCUT2D eigenvalue weighted by atomic mass is 9.97. The molecule has 0 radical (unpaired) electrons. The van der Waals surface area contributed by atoms with Crippen molar-refractivity contribution >= 4 is 11.8 Å². The summed E-state index contributed by atoms with van der Waals surface area (Å²) in [4.78, 5) is 14.0. The van der Waals surface area contributed by atoms with E-state index in [1.54, 1.807) is 11.8 Å². The van der Waals surface area contributed by atoms with Crippen LogP contribution in [0.4, 0.5) is 10.5 Å². The quantitative estimate of drug-likeness (QED) is 0.909. The van der Waals surface area contributed by atoms with Gasteiger partial charge in [0.25, 0.3) is 0 Å². The first-order valence-corrected chi connectivity index (χ1v) is 7.56. The molecule has 0 saturated carbocycles. The maximum atomic E-state index is 12.3. The van der Waals surface area contributed by atoms with E-state index in [-0.39, 0.29) is 12.2 Å². The van der Waals surface area contributed by atoms with Crippen LogP contribution in [-0.4, -0.2) is 29.4 Å². The molecule has 1 atom stereocenters. The average Bonchev–Trinajstić information content (AvgIpc) is 2.34. The third-order valence-electron chi connectivity index (χ3n) is 3.41. The van der Waals surface area contributed by atoms with E-state index in [9.17, 15) is 9.90 Å². The Kier molecular flexibility index (Phi) is 4.57. The van der Waals surface area contributed by atoms with Gasteiger partial charge in [0.1, 0.15) is 5.60 Å². The molecule has 21 heavy (non-hydrogen) atoms. The number of aliphatic hydroxyl groups is 1. The molecule has 4 heteroatoms. The average molecular weight is 291 g/mol. The Labute approximate surface area is 126 Å². The number of aryl methyl sites for hydroxylation is 1. The maximum Gasteiger partial charge on any atom is 0.414 e. The lowest BCUT2D eigenvalue weighted by Gasteiger charge is -2.32. The first kappa shape index (κ1) is 15.8. The molecule has 1 aliphatic rings. The van der Waals surface area contributed by atoms with Crippen molar-refractivity contribution in [1.82, 2.24) is 0 Å². The molecule has 0 bridgehead atoms. The minimum atomic E-state index is -0.485. The minimum absolute atomic E-state index is 0.285. The fourth-order valence-corrected chi connectivity index (χ4v) is 2.63. The first-order chi connectivity index (χ1) is 9.76. The van der Waals surface area contributed by atoms with E-state index >= 15 is 0 Å². The number of carbonyl (C=O) groups is 1. The number of aliphatic hydroxyl groups excluding tert-OH is 1. The van der Waals surface area contributed by atoms with Gasteiger partial charge in [0.05, 0.1) is 11.8 Å². The second kappa shape index (κ2) is 6.06. The highest BCUT2D eigenvalue weighted by Gasteiger charge is 2.27. The van der Waals surface area contributed by atoms with Gasteiger partial charge >= 0.3 is 6.09 Å². The van der Waals surface area contributed by atoms with E-state index in [1.807, 2.05) is 32.9 Å². The molecule has 1 N–H and O–H groups in total. The van der Waals surface area contributed by atoms with E-state index < -0.39 is 5.60 Å². The van der Waals surface area contributed by atoms with Crippen molar-refractivity contribution in [1.29, 1.82) is 0 Å². The number of hydrogen-bond acceptors (Lipinski definition) is 3. The molecule has 0 spiro atoms. The van der Waals surface area contributed by atoms with Crippen molar-refractivity contribution < 1.29 is 14.6 Å². The monoisotopic (exact) mass is 291 g/mol. The molecule has 0 aromatic heterocycles. The Balaban J connectivity index is 2.21. The highest BCUT2D eigenvalue weighted by atomic mass is 16.6. The summed E-state index contributed by atoms with van der Waals surface area (Å²) in [7, 11) is 0. The predicted octanol–water partition coefficient (Wildman–Crippen LogP) is 3.30. The van der Waals surface area contributed by atoms with Crippen LogP contribution in [0.2, 0.25) is 0 Å². The number of ether oxygens (including phenoxy) is 1. The second-order valence-electron chi connectivity index (χ2n) is 6.75. The zero-order valence-electron chi connectivity index (χ0n) is 13.3. The van der Waals surface area contributed by atoms with Gasteiger partial charge in [-0.3, -0.25) is 4.90 Å². The number of anilines is 1. The lowest BCUT2D eigenvalue weighted by molar-refractivity contribution is 0.0577. The Hall–Kier alpha value is -1.55. The Bertz CT molecular complexity index is 517. The van der Waals surface area contributed by atoms with E-state index in [4.69, 9.17) is 4.74 Å². The summed E-state index contributed by atoms with van der Waals surface area (Å²) in [6.45, 7) is 8.11. The van der Waals surface area contributed by atoms with Gasteiger partial charge in [-0.15, -0.1) is 0 Å². The molecular weight excluding hydrogens is 266 g/mol. The van der Waals surface area contributed by atoms with Crippen LogP contribution in [0.3, 0.4) is 0 Å². The number of rotatable bonds is 2. The van der Waals surface area contributed by atoms with Crippen molar-refractivity contribution in [2.75, 3.05) is 11.4 Å². The number of nitrogens with zero attached hydrogens (tertiary/aromatic N) is 1. The molecular formula is C17H25NO3. The van der Waals surface area contributed by atoms with Gasteiger partial charge in [-0.1, -0.05) is 12.1 Å². The highest BCUT2D eigenvalue weighted by Crippen LogP contribution is 2.29. The summed E-state index contributed by atoms with van der Waals surface area (Å²) in [6.07, 6.45) is 1.90. The SMILES string of the molecule is CC(O)Cc1ccc2c(c1)CCCN2C(=O)OC(C)(C)C. The molecule has 116 valence electrons. The van der Waals surface area contributed by atoms with Gasteiger partial charge in [-0.25, -0.2) is 4.79 Å². The molecule has 1 unspecified atom stereocenters. The maximum absolute atomic E-state index is 12.3. The number of benzene rings is 1. The van der Waals surface area contributed by atoms with Gasteiger partial charge in [0, 0.05) is 6.54 Å². The van der Waals surface area contributed by atoms with Gasteiger partial charge < -0.3 is 9.84 Å². The number of carbonyl (C=O) groups excluding carboxylic acids is 1. The van der Waals surface area contributed by atoms with Crippen molar-refractivity contribution in [3.63, 3.8) is 0 Å². The Morgan fingerprint density at radius 3 is 2.76 bits per heavy atom. The van der Waals surface area contributed by atoms with Gasteiger partial charge in [-0.2, -0.15) is 0 Å². The van der Waals surface area contributed by atoms with Crippen LogP contribution in [0.1, 0.15) is 45.2 Å². The molecule has 1 heterocycles. The van der Waals surface area contributed by atoms with Crippen LogP contribution in [-0.2, 0) is 17.6 Å². The van der Waals surface area contributed by atoms with Crippen molar-refractivity contribution in [3.8, 4) is 0 Å². The second-order valence-corrected chi connectivity index (χ2v) is 6.75. The summed E-state index contributed by atoms with van der Waals surface area (Å²) in [6, 6.07) is 6.04.